The Morgan fingerprint density at radius 2 is 1.52 bits per heavy atom. The molecule has 128 valence electrons. The van der Waals surface area contributed by atoms with Gasteiger partial charge in [0.1, 0.15) is 22.6 Å². The monoisotopic (exact) mass is 390 g/mol. The number of carbonyl (C=O) groups is 2. The Morgan fingerprint density at radius 1 is 1.00 bits per heavy atom. The summed E-state index contributed by atoms with van der Waals surface area (Å²) < 4.78 is 29.5. The Morgan fingerprint density at radius 3 is 2.00 bits per heavy atom. The van der Waals surface area contributed by atoms with Crippen molar-refractivity contribution in [3.63, 3.8) is 0 Å². The van der Waals surface area contributed by atoms with E-state index in [4.69, 9.17) is 14.2 Å². The molecule has 0 heterocycles. The van der Waals surface area contributed by atoms with Gasteiger partial charge in [0, 0.05) is 0 Å². The predicted octanol–water partition coefficient (Wildman–Crippen LogP) is 4.86. The van der Waals surface area contributed by atoms with E-state index in [0.29, 0.717) is 0 Å². The number of esters is 1. The predicted molar refractivity (Wildman–Crippen MR) is 86.1 cm³/mol. The lowest BCUT2D eigenvalue weighted by molar-refractivity contribution is 0.00554. The van der Waals surface area contributed by atoms with Crippen molar-refractivity contribution < 1.29 is 28.2 Å². The second-order valence-corrected chi connectivity index (χ2v) is 7.66. The summed E-state index contributed by atoms with van der Waals surface area (Å²) in [6.45, 7) is 9.91. The van der Waals surface area contributed by atoms with E-state index in [2.05, 4.69) is 15.9 Å². The zero-order valence-corrected chi connectivity index (χ0v) is 15.5. The van der Waals surface area contributed by atoms with Crippen molar-refractivity contribution in [2.24, 2.45) is 0 Å². The van der Waals surface area contributed by atoms with Gasteiger partial charge in [0.15, 0.2) is 5.75 Å². The molecule has 1 aromatic rings. The van der Waals surface area contributed by atoms with Crippen LogP contribution in [0.5, 0.6) is 5.75 Å². The summed E-state index contributed by atoms with van der Waals surface area (Å²) in [5.74, 6) is -2.08. The van der Waals surface area contributed by atoms with E-state index in [9.17, 15) is 14.0 Å². The summed E-state index contributed by atoms with van der Waals surface area (Å²) in [6.07, 6.45) is -1.05. The Labute approximate surface area is 143 Å². The molecule has 5 nitrogen and oxygen atoms in total. The van der Waals surface area contributed by atoms with Crippen molar-refractivity contribution in [3.05, 3.63) is 28.0 Å². The molecule has 23 heavy (non-hydrogen) atoms. The third-order valence-corrected chi connectivity index (χ3v) is 2.86. The first-order valence-electron chi connectivity index (χ1n) is 6.92. The molecule has 0 spiro atoms. The average molecular weight is 391 g/mol. The molecule has 0 aliphatic rings. The highest BCUT2D eigenvalue weighted by atomic mass is 79.9. The van der Waals surface area contributed by atoms with Gasteiger partial charge < -0.3 is 14.2 Å². The molecule has 0 aliphatic heterocycles. The number of rotatable bonds is 2. The summed E-state index contributed by atoms with van der Waals surface area (Å²) >= 11 is 3.13. The molecule has 0 N–H and O–H groups in total. The largest absolute Gasteiger partial charge is 0.514 e. The van der Waals surface area contributed by atoms with Crippen molar-refractivity contribution in [1.82, 2.24) is 0 Å². The van der Waals surface area contributed by atoms with Crippen molar-refractivity contribution in [3.8, 4) is 5.75 Å². The highest BCUT2D eigenvalue weighted by molar-refractivity contribution is 9.10. The minimum absolute atomic E-state index is 0.227. The Bertz CT molecular complexity index is 614. The second-order valence-electron chi connectivity index (χ2n) is 6.80. The molecule has 0 radical (unpaired) electrons. The van der Waals surface area contributed by atoms with Crippen LogP contribution in [-0.4, -0.2) is 23.3 Å². The zero-order valence-electron chi connectivity index (χ0n) is 14.0. The molecule has 0 atom stereocenters. The van der Waals surface area contributed by atoms with Crippen LogP contribution in [0.25, 0.3) is 0 Å². The first-order valence-corrected chi connectivity index (χ1v) is 7.71. The molecular formula is C16H20BrFO5. The van der Waals surface area contributed by atoms with Gasteiger partial charge in [0.25, 0.3) is 0 Å². The maximum atomic E-state index is 14.1. The van der Waals surface area contributed by atoms with Crippen LogP contribution in [0.2, 0.25) is 0 Å². The fourth-order valence-corrected chi connectivity index (χ4v) is 1.92. The fourth-order valence-electron chi connectivity index (χ4n) is 1.51. The number of hydrogen-bond donors (Lipinski definition) is 0. The van der Waals surface area contributed by atoms with Crippen LogP contribution in [0.3, 0.4) is 0 Å². The van der Waals surface area contributed by atoms with E-state index >= 15 is 0 Å². The van der Waals surface area contributed by atoms with E-state index in [1.54, 1.807) is 41.5 Å². The fraction of sp³-hybridized carbons (Fsp3) is 0.500. The molecule has 0 aliphatic carbocycles. The van der Waals surface area contributed by atoms with Crippen molar-refractivity contribution >= 4 is 28.1 Å². The molecule has 0 amide bonds. The average Bonchev–Trinajstić information content (AvgIpc) is 2.29. The number of halogens is 2. The lowest BCUT2D eigenvalue weighted by Crippen LogP contribution is -2.28. The number of carbonyl (C=O) groups excluding carboxylic acids is 2. The Balaban J connectivity index is 3.19. The van der Waals surface area contributed by atoms with E-state index in [1.807, 2.05) is 0 Å². The number of ether oxygens (including phenoxy) is 3. The lowest BCUT2D eigenvalue weighted by atomic mass is 10.1. The van der Waals surface area contributed by atoms with E-state index in [0.717, 1.165) is 6.07 Å². The molecule has 0 fully saturated rings. The minimum Gasteiger partial charge on any atom is -0.456 e. The van der Waals surface area contributed by atoms with Gasteiger partial charge in [-0.05, 0) is 69.6 Å². The van der Waals surface area contributed by atoms with Gasteiger partial charge in [-0.1, -0.05) is 0 Å². The quantitative estimate of drug-likeness (QED) is 0.532. The summed E-state index contributed by atoms with van der Waals surface area (Å²) in [5.41, 5.74) is -2.09. The third kappa shape index (κ3) is 6.17. The molecule has 0 aromatic heterocycles. The zero-order chi connectivity index (χ0) is 18.0. The van der Waals surface area contributed by atoms with Crippen LogP contribution in [0.1, 0.15) is 51.9 Å². The first-order chi connectivity index (χ1) is 10.3. The highest BCUT2D eigenvalue weighted by Crippen LogP contribution is 2.33. The highest BCUT2D eigenvalue weighted by Gasteiger charge is 2.29. The molecule has 0 unspecified atom stereocenters. The molecule has 1 aromatic carbocycles. The molecular weight excluding hydrogens is 371 g/mol. The van der Waals surface area contributed by atoms with Gasteiger partial charge in [0.05, 0.1) is 4.47 Å². The minimum atomic E-state index is -1.05. The van der Waals surface area contributed by atoms with Crippen LogP contribution in [0.15, 0.2) is 16.6 Å². The normalized spacial score (nSPS) is 11.8. The van der Waals surface area contributed by atoms with Gasteiger partial charge in [-0.25, -0.2) is 14.0 Å². The summed E-state index contributed by atoms with van der Waals surface area (Å²) in [4.78, 5) is 24.0. The van der Waals surface area contributed by atoms with Gasteiger partial charge in [-0.15, -0.1) is 0 Å². The van der Waals surface area contributed by atoms with Gasteiger partial charge in [-0.3, -0.25) is 0 Å². The van der Waals surface area contributed by atoms with Crippen LogP contribution in [0, 0.1) is 5.82 Å². The maximum absolute atomic E-state index is 14.1. The maximum Gasteiger partial charge on any atom is 0.514 e. The van der Waals surface area contributed by atoms with Crippen LogP contribution in [-0.2, 0) is 9.47 Å². The van der Waals surface area contributed by atoms with Crippen LogP contribution >= 0.6 is 15.9 Å². The summed E-state index contributed by atoms with van der Waals surface area (Å²) in [5, 5.41) is 0. The lowest BCUT2D eigenvalue weighted by Gasteiger charge is -2.22. The standard InChI is InChI=1S/C16H20BrFO5/c1-15(2,3)22-13(19)11-10(18)8-7-9(17)12(11)21-14(20)23-16(4,5)6/h7-8H,1-6H3. The molecule has 0 bridgehead atoms. The summed E-state index contributed by atoms with van der Waals surface area (Å²) in [7, 11) is 0. The first kappa shape index (κ1) is 19.4. The Hall–Kier alpha value is -1.63. The molecule has 7 heteroatoms. The third-order valence-electron chi connectivity index (χ3n) is 2.24. The Kier molecular flexibility index (Phi) is 5.79. The van der Waals surface area contributed by atoms with Crippen molar-refractivity contribution in [1.29, 1.82) is 0 Å². The molecule has 0 saturated heterocycles. The topological polar surface area (TPSA) is 61.8 Å². The van der Waals surface area contributed by atoms with Gasteiger partial charge in [0.2, 0.25) is 0 Å². The molecule has 0 saturated carbocycles. The summed E-state index contributed by atoms with van der Waals surface area (Å²) in [6, 6.07) is 2.40. The van der Waals surface area contributed by atoms with Crippen LogP contribution in [0.4, 0.5) is 9.18 Å². The number of hydrogen-bond acceptors (Lipinski definition) is 5. The van der Waals surface area contributed by atoms with Crippen molar-refractivity contribution in [2.45, 2.75) is 52.7 Å². The SMILES string of the molecule is CC(C)(C)OC(=O)Oc1c(Br)ccc(F)c1C(=O)OC(C)(C)C. The van der Waals surface area contributed by atoms with E-state index in [1.165, 1.54) is 6.07 Å². The molecule has 1 rings (SSSR count). The van der Waals surface area contributed by atoms with Crippen molar-refractivity contribution in [2.75, 3.05) is 0 Å². The smallest absolute Gasteiger partial charge is 0.456 e. The van der Waals surface area contributed by atoms with Crippen LogP contribution < -0.4 is 4.74 Å². The van der Waals surface area contributed by atoms with E-state index in [-0.39, 0.29) is 10.2 Å². The second kappa shape index (κ2) is 6.86. The van der Waals surface area contributed by atoms with E-state index < -0.39 is 34.7 Å². The van der Waals surface area contributed by atoms with Gasteiger partial charge in [-0.2, -0.15) is 0 Å². The van der Waals surface area contributed by atoms with Gasteiger partial charge >= 0.3 is 12.1 Å². The number of benzene rings is 1.